The van der Waals surface area contributed by atoms with Crippen LogP contribution in [0.15, 0.2) is 47.4 Å². The number of phenols is 2. The van der Waals surface area contributed by atoms with Crippen molar-refractivity contribution in [1.29, 1.82) is 0 Å². The summed E-state index contributed by atoms with van der Waals surface area (Å²) in [5.41, 5.74) is 0.355. The van der Waals surface area contributed by atoms with Crippen molar-refractivity contribution in [3.63, 3.8) is 0 Å². The fourth-order valence-corrected chi connectivity index (χ4v) is 5.34. The standard InChI is InChI=1S/C29H29N3O6/c1-12(2)23(28-31-16-9-7-8-10-17(16)32-28)30-14(4)20-18(34)11-19-29(6,27(20)37)22-25(36)13(3)24(35)21(15(5)33)26(22)38-19/h7-12,23,30,35-36H,1-6H3,(H,31,32). The van der Waals surface area contributed by atoms with E-state index in [-0.39, 0.29) is 51.5 Å². The van der Waals surface area contributed by atoms with Crippen LogP contribution >= 0.6 is 0 Å². The van der Waals surface area contributed by atoms with Crippen LogP contribution < -0.4 is 10.1 Å². The van der Waals surface area contributed by atoms with Crippen LogP contribution in [0.2, 0.25) is 0 Å². The summed E-state index contributed by atoms with van der Waals surface area (Å²) in [6, 6.07) is 7.30. The highest BCUT2D eigenvalue weighted by atomic mass is 16.5. The topological polar surface area (TPSA) is 142 Å². The van der Waals surface area contributed by atoms with Gasteiger partial charge in [0.05, 0.1) is 28.2 Å². The Morgan fingerprint density at radius 2 is 1.82 bits per heavy atom. The van der Waals surface area contributed by atoms with Crippen LogP contribution in [0.3, 0.4) is 0 Å². The van der Waals surface area contributed by atoms with Gasteiger partial charge in [-0.05, 0) is 45.7 Å². The molecule has 0 radical (unpaired) electrons. The first-order valence-electron chi connectivity index (χ1n) is 12.4. The van der Waals surface area contributed by atoms with Crippen molar-refractivity contribution in [1.82, 2.24) is 15.3 Å². The number of para-hydroxylation sites is 2. The van der Waals surface area contributed by atoms with E-state index in [0.717, 1.165) is 11.0 Å². The van der Waals surface area contributed by atoms with E-state index in [2.05, 4.69) is 10.3 Å². The van der Waals surface area contributed by atoms with Crippen molar-refractivity contribution in [3.05, 3.63) is 69.9 Å². The third-order valence-electron chi connectivity index (χ3n) is 7.50. The molecule has 38 heavy (non-hydrogen) atoms. The first-order valence-corrected chi connectivity index (χ1v) is 12.4. The average molecular weight is 516 g/mol. The molecule has 0 saturated carbocycles. The molecule has 0 saturated heterocycles. The highest BCUT2D eigenvalue weighted by Gasteiger charge is 2.56. The van der Waals surface area contributed by atoms with Gasteiger partial charge in [-0.3, -0.25) is 14.4 Å². The number of phenolic OH excluding ortho intramolecular Hbond substituents is 2. The fourth-order valence-electron chi connectivity index (χ4n) is 5.34. The van der Waals surface area contributed by atoms with Gasteiger partial charge in [-0.2, -0.15) is 0 Å². The number of Topliss-reactive ketones (excluding diaryl/α,β-unsaturated/α-hetero) is 2. The number of aromatic nitrogens is 2. The molecule has 3 aromatic rings. The van der Waals surface area contributed by atoms with Gasteiger partial charge in [0, 0.05) is 17.3 Å². The number of carbonyl (C=O) groups excluding carboxylic acids is 3. The van der Waals surface area contributed by atoms with Crippen molar-refractivity contribution in [2.45, 2.75) is 53.0 Å². The van der Waals surface area contributed by atoms with E-state index >= 15 is 0 Å². The quantitative estimate of drug-likeness (QED) is 0.222. The summed E-state index contributed by atoms with van der Waals surface area (Å²) in [5.74, 6) is -1.81. The van der Waals surface area contributed by atoms with E-state index in [0.29, 0.717) is 11.5 Å². The molecule has 1 aromatic heterocycles. The molecule has 1 aliphatic heterocycles. The van der Waals surface area contributed by atoms with Crippen molar-refractivity contribution in [2.75, 3.05) is 0 Å². The number of hydrogen-bond donors (Lipinski definition) is 4. The summed E-state index contributed by atoms with van der Waals surface area (Å²) in [4.78, 5) is 47.7. The maximum absolute atomic E-state index is 14.1. The number of allylic oxidation sites excluding steroid dienone is 4. The molecule has 0 fully saturated rings. The van der Waals surface area contributed by atoms with Crippen LogP contribution in [-0.2, 0) is 15.0 Å². The first-order chi connectivity index (χ1) is 17.9. The number of aromatic amines is 1. The summed E-state index contributed by atoms with van der Waals surface area (Å²) in [7, 11) is 0. The van der Waals surface area contributed by atoms with Gasteiger partial charge in [0.2, 0.25) is 0 Å². The van der Waals surface area contributed by atoms with Gasteiger partial charge in [0.1, 0.15) is 39.8 Å². The molecule has 0 amide bonds. The second kappa shape index (κ2) is 8.58. The molecular formula is C29H29N3O6. The summed E-state index contributed by atoms with van der Waals surface area (Å²) in [6.45, 7) is 9.92. The van der Waals surface area contributed by atoms with Crippen molar-refractivity contribution in [3.8, 4) is 17.2 Å². The predicted molar refractivity (Wildman–Crippen MR) is 140 cm³/mol. The summed E-state index contributed by atoms with van der Waals surface area (Å²) < 4.78 is 5.83. The molecule has 2 aliphatic rings. The SMILES string of the molecule is CC(=O)c1c(O)c(C)c(O)c2c1OC1=CC(=O)C(=C(C)NC(c3nc4ccccc4[nH]3)C(C)C)C(=O)C12C. The minimum atomic E-state index is -1.57. The van der Waals surface area contributed by atoms with Crippen molar-refractivity contribution in [2.24, 2.45) is 5.92 Å². The zero-order chi connectivity index (χ0) is 27.7. The Bertz CT molecular complexity index is 1590. The summed E-state index contributed by atoms with van der Waals surface area (Å²) >= 11 is 0. The molecule has 1 aliphatic carbocycles. The third-order valence-corrected chi connectivity index (χ3v) is 7.50. The van der Waals surface area contributed by atoms with E-state index < -0.39 is 28.5 Å². The Labute approximate surface area is 219 Å². The Hall–Kier alpha value is -4.40. The van der Waals surface area contributed by atoms with Crippen LogP contribution in [0.5, 0.6) is 17.2 Å². The summed E-state index contributed by atoms with van der Waals surface area (Å²) in [5, 5.41) is 24.9. The van der Waals surface area contributed by atoms with Crippen molar-refractivity contribution >= 4 is 28.4 Å². The molecule has 9 heteroatoms. The number of hydrogen-bond acceptors (Lipinski definition) is 8. The molecule has 2 unspecified atom stereocenters. The predicted octanol–water partition coefficient (Wildman–Crippen LogP) is 4.43. The zero-order valence-corrected chi connectivity index (χ0v) is 22.0. The Morgan fingerprint density at radius 1 is 1.13 bits per heavy atom. The minimum absolute atomic E-state index is 0.000422. The Morgan fingerprint density at radius 3 is 2.45 bits per heavy atom. The second-order valence-electron chi connectivity index (χ2n) is 10.4. The van der Waals surface area contributed by atoms with Gasteiger partial charge in [-0.15, -0.1) is 0 Å². The first kappa shape index (κ1) is 25.3. The van der Waals surface area contributed by atoms with Crippen LogP contribution in [0.1, 0.15) is 68.0 Å². The van der Waals surface area contributed by atoms with Gasteiger partial charge >= 0.3 is 0 Å². The molecule has 2 atom stereocenters. The van der Waals surface area contributed by atoms with E-state index in [4.69, 9.17) is 9.72 Å². The Balaban J connectivity index is 1.63. The number of benzene rings is 2. The highest BCUT2D eigenvalue weighted by Crippen LogP contribution is 2.57. The number of aromatic hydroxyl groups is 2. The van der Waals surface area contributed by atoms with Gasteiger partial charge in [0.15, 0.2) is 17.3 Å². The zero-order valence-electron chi connectivity index (χ0n) is 22.0. The van der Waals surface area contributed by atoms with E-state index in [9.17, 15) is 24.6 Å². The molecule has 0 bridgehead atoms. The second-order valence-corrected chi connectivity index (χ2v) is 10.4. The van der Waals surface area contributed by atoms with Gasteiger partial charge in [-0.1, -0.05) is 26.0 Å². The lowest BCUT2D eigenvalue weighted by Gasteiger charge is -2.30. The number of carbonyl (C=O) groups is 3. The lowest BCUT2D eigenvalue weighted by Crippen LogP contribution is -2.41. The smallest absolute Gasteiger partial charge is 0.194 e. The van der Waals surface area contributed by atoms with Crippen LogP contribution in [0.25, 0.3) is 11.0 Å². The van der Waals surface area contributed by atoms with E-state index in [1.807, 2.05) is 38.1 Å². The number of nitrogens with zero attached hydrogens (tertiary/aromatic N) is 1. The highest BCUT2D eigenvalue weighted by molar-refractivity contribution is 6.31. The Kier molecular flexibility index (Phi) is 5.70. The number of H-pyrrole nitrogens is 1. The molecule has 2 aromatic carbocycles. The maximum Gasteiger partial charge on any atom is 0.194 e. The van der Waals surface area contributed by atoms with Gasteiger partial charge < -0.3 is 25.3 Å². The molecule has 5 rings (SSSR count). The van der Waals surface area contributed by atoms with Gasteiger partial charge in [-0.25, -0.2) is 4.98 Å². The third kappa shape index (κ3) is 3.45. The lowest BCUT2D eigenvalue weighted by atomic mass is 9.70. The van der Waals surface area contributed by atoms with Crippen LogP contribution in [0.4, 0.5) is 0 Å². The number of ketones is 3. The molecule has 0 spiro atoms. The monoisotopic (exact) mass is 515 g/mol. The maximum atomic E-state index is 14.1. The van der Waals surface area contributed by atoms with Crippen molar-refractivity contribution < 1.29 is 29.3 Å². The number of nitrogens with one attached hydrogen (secondary N) is 2. The minimum Gasteiger partial charge on any atom is -0.507 e. The average Bonchev–Trinajstić information content (AvgIpc) is 3.40. The molecule has 4 N–H and O–H groups in total. The van der Waals surface area contributed by atoms with Crippen LogP contribution in [0, 0.1) is 12.8 Å². The molecule has 196 valence electrons. The summed E-state index contributed by atoms with van der Waals surface area (Å²) in [6.07, 6.45) is 1.21. The largest absolute Gasteiger partial charge is 0.507 e. The molecule has 2 heterocycles. The van der Waals surface area contributed by atoms with E-state index in [1.165, 1.54) is 19.9 Å². The van der Waals surface area contributed by atoms with E-state index in [1.54, 1.807) is 13.8 Å². The normalized spacial score (nSPS) is 20.7. The lowest BCUT2D eigenvalue weighted by molar-refractivity contribution is -0.123. The number of imidazole rings is 1. The number of ether oxygens (including phenoxy) is 1. The fraction of sp³-hybridized carbons (Fsp3) is 0.310. The van der Waals surface area contributed by atoms with Gasteiger partial charge in [0.25, 0.3) is 0 Å². The van der Waals surface area contributed by atoms with Crippen LogP contribution in [-0.4, -0.2) is 37.5 Å². The molecular weight excluding hydrogens is 486 g/mol. The molecule has 9 nitrogen and oxygen atoms in total. The number of fused-ring (bicyclic) bond motifs is 4. The number of rotatable bonds is 5.